The number of aryl methyl sites for hydroxylation is 1. The highest BCUT2D eigenvalue weighted by Gasteiger charge is 2.47. The number of alkyl halides is 3. The second-order valence-electron chi connectivity index (χ2n) is 11.1. The van der Waals surface area contributed by atoms with Crippen molar-refractivity contribution in [2.45, 2.75) is 70.7 Å². The number of halogens is 3. The van der Waals surface area contributed by atoms with Gasteiger partial charge in [-0.1, -0.05) is 20.8 Å². The van der Waals surface area contributed by atoms with E-state index in [-0.39, 0.29) is 47.9 Å². The summed E-state index contributed by atoms with van der Waals surface area (Å²) in [7, 11) is -1.91. The van der Waals surface area contributed by atoms with Crippen molar-refractivity contribution >= 4 is 15.7 Å². The van der Waals surface area contributed by atoms with Crippen molar-refractivity contribution in [1.29, 1.82) is 10.5 Å². The lowest BCUT2D eigenvalue weighted by Crippen LogP contribution is -2.41. The molecule has 1 aliphatic carbocycles. The molecule has 0 radical (unpaired) electrons. The molecule has 3 rings (SSSR count). The van der Waals surface area contributed by atoms with Crippen molar-refractivity contribution < 1.29 is 31.1 Å². The van der Waals surface area contributed by atoms with E-state index in [2.05, 4.69) is 21.4 Å². The van der Waals surface area contributed by atoms with Crippen molar-refractivity contribution in [3.63, 3.8) is 0 Å². The second kappa shape index (κ2) is 11.7. The number of sulfone groups is 1. The lowest BCUT2D eigenvalue weighted by molar-refractivity contribution is -0.211. The number of hydrogen-bond acceptors (Lipinski definition) is 8. The molecule has 1 fully saturated rings. The Morgan fingerprint density at radius 3 is 2.39 bits per heavy atom. The lowest BCUT2D eigenvalue weighted by atomic mass is 9.75. The number of carbonyl (C=O) groups excluding carboxylic acids is 1. The minimum absolute atomic E-state index is 0.0523. The zero-order valence-electron chi connectivity index (χ0n) is 23.6. The van der Waals surface area contributed by atoms with E-state index in [4.69, 9.17) is 4.74 Å². The first-order valence-corrected chi connectivity index (χ1v) is 15.0. The van der Waals surface area contributed by atoms with E-state index >= 15 is 0 Å². The van der Waals surface area contributed by atoms with Crippen molar-refractivity contribution in [2.75, 3.05) is 19.9 Å². The van der Waals surface area contributed by atoms with E-state index in [0.717, 1.165) is 13.8 Å². The largest absolute Gasteiger partial charge is 0.493 e. The third-order valence-corrected chi connectivity index (χ3v) is 9.32. The minimum Gasteiger partial charge on any atom is -0.493 e. The van der Waals surface area contributed by atoms with Crippen LogP contribution in [0.25, 0.3) is 5.82 Å². The first-order chi connectivity index (χ1) is 19.0. The Balaban J connectivity index is 1.91. The highest BCUT2D eigenvalue weighted by atomic mass is 32.2. The van der Waals surface area contributed by atoms with Crippen molar-refractivity contribution in [3.05, 3.63) is 35.0 Å². The fourth-order valence-corrected chi connectivity index (χ4v) is 6.02. The molecular weight excluding hydrogens is 561 g/mol. The first kappa shape index (κ1) is 31.9. The number of aromatic nitrogens is 3. The fraction of sp³-hybridized carbons (Fsp3) is 0.593. The van der Waals surface area contributed by atoms with Gasteiger partial charge in [0.25, 0.3) is 5.91 Å². The summed E-state index contributed by atoms with van der Waals surface area (Å²) in [5, 5.41) is 22.0. The summed E-state index contributed by atoms with van der Waals surface area (Å²) in [5.74, 6) is -0.211. The van der Waals surface area contributed by atoms with Crippen molar-refractivity contribution in [1.82, 2.24) is 19.9 Å². The molecule has 10 nitrogen and oxygen atoms in total. The van der Waals surface area contributed by atoms with Gasteiger partial charge in [0.15, 0.2) is 23.0 Å². The lowest BCUT2D eigenvalue weighted by Gasteiger charge is -2.34. The number of imidazole rings is 1. The maximum Gasteiger partial charge on any atom is 0.394 e. The molecule has 0 unspecified atom stereocenters. The standard InChI is InChI=1S/C27H33F3N6O4S/c1-6-21-35-22(24(37)34-16-26(15-32)9-7-18(8-10-26)41(5,38)39)19(13-31)36(21)23-20(40-4)11-17(14-33-23)12-25(2,3)27(28,29)30/h11,14,18H,6-10,12,16H2,1-5H3,(H,34,37)/t18-,26-. The second-order valence-corrected chi connectivity index (χ2v) is 13.4. The molecule has 0 spiro atoms. The van der Waals surface area contributed by atoms with Gasteiger partial charge >= 0.3 is 6.18 Å². The van der Waals surface area contributed by atoms with Gasteiger partial charge in [0.05, 0.1) is 29.3 Å². The molecule has 0 bridgehead atoms. The Bertz CT molecular complexity index is 1490. The van der Waals surface area contributed by atoms with Gasteiger partial charge in [-0.25, -0.2) is 18.4 Å². The molecule has 14 heteroatoms. The van der Waals surface area contributed by atoms with Crippen LogP contribution in [0.4, 0.5) is 13.2 Å². The quantitative estimate of drug-likeness (QED) is 0.456. The van der Waals surface area contributed by atoms with E-state index in [0.29, 0.717) is 31.5 Å². The van der Waals surface area contributed by atoms with Crippen molar-refractivity contribution in [2.24, 2.45) is 10.8 Å². The van der Waals surface area contributed by atoms with Gasteiger partial charge in [-0.3, -0.25) is 9.36 Å². The number of amides is 1. The third kappa shape index (κ3) is 6.64. The maximum absolute atomic E-state index is 13.4. The number of ether oxygens (including phenoxy) is 1. The van der Waals surface area contributed by atoms with E-state index in [9.17, 15) is 36.9 Å². The van der Waals surface area contributed by atoms with Crippen LogP contribution in [0.5, 0.6) is 5.75 Å². The topological polar surface area (TPSA) is 151 Å². The highest BCUT2D eigenvalue weighted by molar-refractivity contribution is 7.91. The molecule has 0 atom stereocenters. The molecule has 41 heavy (non-hydrogen) atoms. The van der Waals surface area contributed by atoms with Gasteiger partial charge in [0.2, 0.25) is 0 Å². The molecule has 2 aromatic heterocycles. The molecule has 2 aromatic rings. The average molecular weight is 595 g/mol. The van der Waals surface area contributed by atoms with Crippen LogP contribution in [0.2, 0.25) is 0 Å². The summed E-state index contributed by atoms with van der Waals surface area (Å²) in [6.07, 6.45) is -0.866. The third-order valence-electron chi connectivity index (χ3n) is 7.64. The number of nitrogens with zero attached hydrogens (tertiary/aromatic N) is 5. The first-order valence-electron chi connectivity index (χ1n) is 13.0. The summed E-state index contributed by atoms with van der Waals surface area (Å²) < 4.78 is 70.9. The van der Waals surface area contributed by atoms with E-state index in [1.54, 1.807) is 6.92 Å². The number of pyridine rings is 1. The Kier molecular flexibility index (Phi) is 9.08. The van der Waals surface area contributed by atoms with Gasteiger partial charge in [-0.05, 0) is 43.7 Å². The number of rotatable bonds is 9. The number of nitrogens with one attached hydrogen (secondary N) is 1. The van der Waals surface area contributed by atoms with E-state index in [1.807, 2.05) is 6.07 Å². The highest BCUT2D eigenvalue weighted by Crippen LogP contribution is 2.41. The number of hydrogen-bond donors (Lipinski definition) is 1. The predicted octanol–water partition coefficient (Wildman–Crippen LogP) is 4.07. The van der Waals surface area contributed by atoms with Gasteiger partial charge in [-0.15, -0.1) is 0 Å². The Morgan fingerprint density at radius 1 is 1.27 bits per heavy atom. The Hall–Kier alpha value is -3.65. The average Bonchev–Trinajstić information content (AvgIpc) is 3.29. The fourth-order valence-electron chi connectivity index (χ4n) is 4.93. The Morgan fingerprint density at radius 2 is 1.90 bits per heavy atom. The van der Waals surface area contributed by atoms with Crippen LogP contribution in [0.15, 0.2) is 12.3 Å². The minimum atomic E-state index is -4.44. The van der Waals surface area contributed by atoms with Crippen LogP contribution >= 0.6 is 0 Å². The molecule has 1 saturated carbocycles. The SMILES string of the molecule is CCc1nc(C(=O)NC[C@]2(C#N)CC[C@@H](S(C)(=O)=O)CC2)c(C#N)n1-c1ncc(CC(C)(C)C(F)(F)F)cc1OC. The zero-order valence-corrected chi connectivity index (χ0v) is 24.4. The van der Waals surface area contributed by atoms with E-state index < -0.39 is 38.0 Å². The molecule has 2 heterocycles. The molecule has 1 amide bonds. The van der Waals surface area contributed by atoms with Gasteiger partial charge in [0, 0.05) is 25.4 Å². The monoisotopic (exact) mass is 594 g/mol. The summed E-state index contributed by atoms with van der Waals surface area (Å²) >= 11 is 0. The van der Waals surface area contributed by atoms with E-state index in [1.165, 1.54) is 30.2 Å². The van der Waals surface area contributed by atoms with Crippen molar-refractivity contribution in [3.8, 4) is 23.7 Å². The van der Waals surface area contributed by atoms with Crippen LogP contribution in [0.3, 0.4) is 0 Å². The number of carbonyl (C=O) groups is 1. The summed E-state index contributed by atoms with van der Waals surface area (Å²) in [6, 6.07) is 5.61. The number of methoxy groups -OCH3 is 1. The summed E-state index contributed by atoms with van der Waals surface area (Å²) in [5.41, 5.74) is -3.05. The summed E-state index contributed by atoms with van der Waals surface area (Å²) in [4.78, 5) is 21.9. The van der Waals surface area contributed by atoms with Crippen LogP contribution in [-0.4, -0.2) is 60.2 Å². The molecule has 1 N–H and O–H groups in total. The normalized spacial score (nSPS) is 19.7. The van der Waals surface area contributed by atoms with Crippen LogP contribution in [0, 0.1) is 33.5 Å². The maximum atomic E-state index is 13.4. The van der Waals surface area contributed by atoms with Crippen LogP contribution in [0.1, 0.15) is 74.0 Å². The van der Waals surface area contributed by atoms with Gasteiger partial charge in [-0.2, -0.15) is 23.7 Å². The number of nitriles is 2. The molecule has 222 valence electrons. The smallest absolute Gasteiger partial charge is 0.394 e. The Labute approximate surface area is 237 Å². The molecule has 0 aliphatic heterocycles. The molecule has 1 aliphatic rings. The van der Waals surface area contributed by atoms with Gasteiger partial charge < -0.3 is 10.1 Å². The predicted molar refractivity (Wildman–Crippen MR) is 143 cm³/mol. The molecule has 0 saturated heterocycles. The molecular formula is C27H33F3N6O4S. The molecule has 0 aromatic carbocycles. The summed E-state index contributed by atoms with van der Waals surface area (Å²) in [6.45, 7) is 3.87. The van der Waals surface area contributed by atoms with Gasteiger partial charge in [0.1, 0.15) is 21.7 Å². The zero-order chi connectivity index (χ0) is 30.8. The van der Waals surface area contributed by atoms with Crippen LogP contribution in [-0.2, 0) is 22.7 Å². The van der Waals surface area contributed by atoms with Crippen LogP contribution < -0.4 is 10.1 Å².